The fourth-order valence-corrected chi connectivity index (χ4v) is 2.85. The molecule has 22 heavy (non-hydrogen) atoms. The topological polar surface area (TPSA) is 57.2 Å². The number of aromatic nitrogens is 1. The van der Waals surface area contributed by atoms with E-state index in [9.17, 15) is 4.79 Å². The highest BCUT2D eigenvalue weighted by molar-refractivity contribution is 5.69. The third-order valence-corrected chi connectivity index (χ3v) is 4.18. The summed E-state index contributed by atoms with van der Waals surface area (Å²) in [5, 5.41) is 0. The van der Waals surface area contributed by atoms with Crippen LogP contribution in [0.15, 0.2) is 35.1 Å². The van der Waals surface area contributed by atoms with E-state index in [4.69, 9.17) is 10.5 Å². The van der Waals surface area contributed by atoms with Gasteiger partial charge in [0.2, 0.25) is 0 Å². The second-order valence-corrected chi connectivity index (χ2v) is 6.07. The van der Waals surface area contributed by atoms with Gasteiger partial charge >= 0.3 is 0 Å². The third kappa shape index (κ3) is 2.55. The Labute approximate surface area is 130 Å². The van der Waals surface area contributed by atoms with Crippen molar-refractivity contribution < 1.29 is 4.74 Å². The van der Waals surface area contributed by atoms with Crippen LogP contribution in [0.5, 0.6) is 5.75 Å². The van der Waals surface area contributed by atoms with Gasteiger partial charge in [0, 0.05) is 23.2 Å². The fourth-order valence-electron chi connectivity index (χ4n) is 2.85. The van der Waals surface area contributed by atoms with Crippen molar-refractivity contribution >= 4 is 0 Å². The Morgan fingerprint density at radius 3 is 2.59 bits per heavy atom. The minimum atomic E-state index is -0.258. The molecule has 3 rings (SSSR count). The molecule has 4 nitrogen and oxygen atoms in total. The lowest BCUT2D eigenvalue weighted by molar-refractivity contribution is 0.416. The van der Waals surface area contributed by atoms with Gasteiger partial charge in [-0.1, -0.05) is 11.6 Å². The Kier molecular flexibility index (Phi) is 3.79. The quantitative estimate of drug-likeness (QED) is 0.943. The zero-order valence-corrected chi connectivity index (χ0v) is 13.3. The third-order valence-electron chi connectivity index (χ3n) is 4.18. The number of ether oxygens (including phenoxy) is 1. The molecule has 1 aliphatic rings. The van der Waals surface area contributed by atoms with Crippen LogP contribution in [-0.2, 0) is 0 Å². The molecule has 0 radical (unpaired) electrons. The van der Waals surface area contributed by atoms with Crippen molar-refractivity contribution in [2.45, 2.75) is 38.8 Å². The molecule has 2 aromatic rings. The molecule has 1 saturated carbocycles. The van der Waals surface area contributed by atoms with E-state index in [1.54, 1.807) is 7.11 Å². The smallest absolute Gasteiger partial charge is 0.256 e. The van der Waals surface area contributed by atoms with Crippen molar-refractivity contribution in [1.29, 1.82) is 0 Å². The average molecular weight is 298 g/mol. The maximum absolute atomic E-state index is 12.8. The summed E-state index contributed by atoms with van der Waals surface area (Å²) in [6.45, 7) is 3.89. The van der Waals surface area contributed by atoms with Crippen molar-refractivity contribution in [3.05, 3.63) is 51.8 Å². The number of nitrogens with zero attached hydrogens (tertiary/aromatic N) is 1. The first-order valence-corrected chi connectivity index (χ1v) is 7.69. The molecule has 116 valence electrons. The van der Waals surface area contributed by atoms with Gasteiger partial charge in [-0.3, -0.25) is 4.79 Å². The molecule has 1 heterocycles. The van der Waals surface area contributed by atoms with Crippen molar-refractivity contribution in [2.24, 2.45) is 5.73 Å². The average Bonchev–Trinajstić information content (AvgIpc) is 3.31. The molecule has 1 fully saturated rings. The first-order chi connectivity index (χ1) is 10.5. The van der Waals surface area contributed by atoms with Gasteiger partial charge in [-0.25, -0.2) is 0 Å². The standard InChI is InChI=1S/C18H22N2O2/c1-11-4-9-17(22-3)15(10-11)16-8-7-14(12(2)19)18(21)20(16)13-5-6-13/h4,7-10,12-13H,5-6,19H2,1-3H3. The number of hydrogen-bond acceptors (Lipinski definition) is 3. The number of pyridine rings is 1. The molecule has 1 aliphatic carbocycles. The second kappa shape index (κ2) is 5.61. The molecule has 0 saturated heterocycles. The summed E-state index contributed by atoms with van der Waals surface area (Å²) in [7, 11) is 1.66. The Morgan fingerprint density at radius 2 is 2.00 bits per heavy atom. The predicted molar refractivity (Wildman–Crippen MR) is 88.3 cm³/mol. The summed E-state index contributed by atoms with van der Waals surface area (Å²) in [4.78, 5) is 12.8. The van der Waals surface area contributed by atoms with Gasteiger partial charge in [0.05, 0.1) is 12.8 Å². The molecule has 4 heteroatoms. The van der Waals surface area contributed by atoms with E-state index in [2.05, 4.69) is 6.07 Å². The van der Waals surface area contributed by atoms with Gasteiger partial charge in [0.1, 0.15) is 5.75 Å². The first-order valence-electron chi connectivity index (χ1n) is 7.69. The van der Waals surface area contributed by atoms with Crippen LogP contribution in [0.2, 0.25) is 0 Å². The summed E-state index contributed by atoms with van der Waals surface area (Å²) in [6.07, 6.45) is 2.09. The molecule has 0 bridgehead atoms. The summed E-state index contributed by atoms with van der Waals surface area (Å²) in [5.74, 6) is 0.785. The van der Waals surface area contributed by atoms with Crippen LogP contribution in [0.1, 0.15) is 43.0 Å². The van der Waals surface area contributed by atoms with Gasteiger partial charge in [-0.05, 0) is 51.0 Å². The highest BCUT2D eigenvalue weighted by atomic mass is 16.5. The number of rotatable bonds is 4. The molecule has 0 aliphatic heterocycles. The van der Waals surface area contributed by atoms with Gasteiger partial charge in [0.25, 0.3) is 5.56 Å². The largest absolute Gasteiger partial charge is 0.496 e. The second-order valence-electron chi connectivity index (χ2n) is 6.07. The Hall–Kier alpha value is -2.07. The minimum Gasteiger partial charge on any atom is -0.496 e. The Bertz CT molecular complexity index is 758. The van der Waals surface area contributed by atoms with E-state index >= 15 is 0 Å². The van der Waals surface area contributed by atoms with Crippen LogP contribution in [-0.4, -0.2) is 11.7 Å². The number of aryl methyl sites for hydroxylation is 1. The fraction of sp³-hybridized carbons (Fsp3) is 0.389. The maximum atomic E-state index is 12.8. The monoisotopic (exact) mass is 298 g/mol. The molecule has 1 aromatic carbocycles. The van der Waals surface area contributed by atoms with Crippen molar-refractivity contribution in [2.75, 3.05) is 7.11 Å². The molecule has 1 aromatic heterocycles. The van der Waals surface area contributed by atoms with Gasteiger partial charge in [-0.2, -0.15) is 0 Å². The molecular weight excluding hydrogens is 276 g/mol. The molecule has 1 atom stereocenters. The lowest BCUT2D eigenvalue weighted by Gasteiger charge is -2.18. The van der Waals surface area contributed by atoms with E-state index in [1.165, 1.54) is 0 Å². The van der Waals surface area contributed by atoms with Crippen LogP contribution in [0.3, 0.4) is 0 Å². The lowest BCUT2D eigenvalue weighted by Crippen LogP contribution is -2.27. The molecule has 0 spiro atoms. The van der Waals surface area contributed by atoms with Crippen LogP contribution in [0.25, 0.3) is 11.3 Å². The predicted octanol–water partition coefficient (Wildman–Crippen LogP) is 3.19. The maximum Gasteiger partial charge on any atom is 0.256 e. The van der Waals surface area contributed by atoms with Crippen LogP contribution in [0.4, 0.5) is 0 Å². The van der Waals surface area contributed by atoms with Crippen LogP contribution < -0.4 is 16.0 Å². The van der Waals surface area contributed by atoms with Crippen molar-refractivity contribution in [3.63, 3.8) is 0 Å². The normalized spacial score (nSPS) is 15.6. The van der Waals surface area contributed by atoms with Gasteiger partial charge in [0.15, 0.2) is 0 Å². The molecule has 0 amide bonds. The number of nitrogens with two attached hydrogens (primary N) is 1. The van der Waals surface area contributed by atoms with E-state index < -0.39 is 0 Å². The lowest BCUT2D eigenvalue weighted by atomic mass is 10.0. The van der Waals surface area contributed by atoms with E-state index in [0.717, 1.165) is 35.4 Å². The Balaban J connectivity index is 2.26. The summed E-state index contributed by atoms with van der Waals surface area (Å²) >= 11 is 0. The first kappa shape index (κ1) is 14.9. The van der Waals surface area contributed by atoms with Gasteiger partial charge < -0.3 is 15.0 Å². The molecule has 1 unspecified atom stereocenters. The highest BCUT2D eigenvalue weighted by Crippen LogP contribution is 2.39. The number of benzene rings is 1. The Morgan fingerprint density at radius 1 is 1.27 bits per heavy atom. The minimum absolute atomic E-state index is 0.0264. The molecule has 2 N–H and O–H groups in total. The molecular formula is C18H22N2O2. The van der Waals surface area contributed by atoms with Crippen LogP contribution >= 0.6 is 0 Å². The summed E-state index contributed by atoms with van der Waals surface area (Å²) in [5.41, 5.74) is 9.65. The van der Waals surface area contributed by atoms with E-state index in [0.29, 0.717) is 5.56 Å². The SMILES string of the molecule is COc1ccc(C)cc1-c1ccc(C(C)N)c(=O)n1C1CC1. The number of hydrogen-bond donors (Lipinski definition) is 1. The number of methoxy groups -OCH3 is 1. The van der Waals surface area contributed by atoms with Crippen molar-refractivity contribution in [1.82, 2.24) is 4.57 Å². The highest BCUT2D eigenvalue weighted by Gasteiger charge is 2.29. The summed E-state index contributed by atoms with van der Waals surface area (Å²) < 4.78 is 7.39. The van der Waals surface area contributed by atoms with Gasteiger partial charge in [-0.15, -0.1) is 0 Å². The summed E-state index contributed by atoms with van der Waals surface area (Å²) in [6, 6.07) is 9.90. The zero-order chi connectivity index (χ0) is 15.9. The zero-order valence-electron chi connectivity index (χ0n) is 13.3. The van der Waals surface area contributed by atoms with Crippen LogP contribution in [0, 0.1) is 6.92 Å². The van der Waals surface area contributed by atoms with Crippen molar-refractivity contribution in [3.8, 4) is 17.0 Å². The van der Waals surface area contributed by atoms with E-state index in [1.807, 2.05) is 42.7 Å². The van der Waals surface area contributed by atoms with E-state index in [-0.39, 0.29) is 17.6 Å².